The molecule has 0 aliphatic carbocycles. The molecule has 0 amide bonds. The fourth-order valence-electron chi connectivity index (χ4n) is 2.28. The summed E-state index contributed by atoms with van der Waals surface area (Å²) < 4.78 is 6.46. The van der Waals surface area contributed by atoms with Crippen LogP contribution in [0, 0.1) is 0 Å². The van der Waals surface area contributed by atoms with E-state index >= 15 is 0 Å². The van der Waals surface area contributed by atoms with Crippen LogP contribution in [0.5, 0.6) is 0 Å². The number of halogens is 1. The van der Waals surface area contributed by atoms with Gasteiger partial charge in [0.2, 0.25) is 0 Å². The first-order valence-electron chi connectivity index (χ1n) is 8.78. The number of hydrogen-bond acceptors (Lipinski definition) is 5. The first-order chi connectivity index (χ1) is 11.7. The number of nitrogens with zero attached hydrogens (tertiary/aromatic N) is 2. The van der Waals surface area contributed by atoms with Gasteiger partial charge in [-0.2, -0.15) is 0 Å². The van der Waals surface area contributed by atoms with E-state index < -0.39 is 19.8 Å². The number of thioether (sulfide) groups is 1. The Kier molecular flexibility index (Phi) is 7.94. The molecule has 7 heteroatoms. The van der Waals surface area contributed by atoms with Crippen LogP contribution in [0.4, 0.5) is 0 Å². The van der Waals surface area contributed by atoms with Crippen LogP contribution in [0.2, 0.25) is 23.3 Å². The van der Waals surface area contributed by atoms with Crippen molar-refractivity contribution in [2.75, 3.05) is 12.9 Å². The standard InChI is InChI=1S/C19H33ClN2O2SSi/c1-13(2)10-15(23)19(6,12-24-26(8,9)18(3,4)5)14-11-21-17(25-7)22-16(14)20/h11,15,23H,1,10,12H2,2-9H3/t15-,19+/m0/s1. The Bertz CT molecular complexity index is 649. The lowest BCUT2D eigenvalue weighted by atomic mass is 9.77. The largest absolute Gasteiger partial charge is 0.416 e. The van der Waals surface area contributed by atoms with Crippen molar-refractivity contribution in [1.29, 1.82) is 0 Å². The van der Waals surface area contributed by atoms with Crippen LogP contribution in [0.15, 0.2) is 23.5 Å². The van der Waals surface area contributed by atoms with E-state index in [4.69, 9.17) is 16.0 Å². The Morgan fingerprint density at radius 3 is 2.38 bits per heavy atom. The van der Waals surface area contributed by atoms with E-state index in [0.717, 1.165) is 5.57 Å². The first kappa shape index (κ1) is 23.6. The fourth-order valence-corrected chi connectivity index (χ4v) is 4.11. The van der Waals surface area contributed by atoms with Gasteiger partial charge in [-0.05, 0) is 37.7 Å². The minimum absolute atomic E-state index is 0.0796. The summed E-state index contributed by atoms with van der Waals surface area (Å²) in [6.45, 7) is 19.2. The molecule has 1 aromatic heterocycles. The van der Waals surface area contributed by atoms with Crippen molar-refractivity contribution in [3.63, 3.8) is 0 Å². The summed E-state index contributed by atoms with van der Waals surface area (Å²) >= 11 is 7.91. The zero-order valence-electron chi connectivity index (χ0n) is 17.3. The quantitative estimate of drug-likeness (QED) is 0.200. The fraction of sp³-hybridized carbons (Fsp3) is 0.684. The van der Waals surface area contributed by atoms with E-state index in [1.165, 1.54) is 11.8 Å². The summed E-state index contributed by atoms with van der Waals surface area (Å²) in [7, 11) is -1.99. The van der Waals surface area contributed by atoms with Crippen LogP contribution in [0.1, 0.15) is 46.6 Å². The number of aliphatic hydroxyl groups is 1. The van der Waals surface area contributed by atoms with Gasteiger partial charge < -0.3 is 9.53 Å². The Labute approximate surface area is 168 Å². The summed E-state index contributed by atoms with van der Waals surface area (Å²) in [6, 6.07) is 0. The molecule has 0 saturated carbocycles. The second-order valence-corrected chi connectivity index (χ2v) is 14.6. The summed E-state index contributed by atoms with van der Waals surface area (Å²) in [5, 5.41) is 12.1. The van der Waals surface area contributed by atoms with Crippen molar-refractivity contribution in [3.8, 4) is 0 Å². The highest BCUT2D eigenvalue weighted by atomic mass is 35.5. The third-order valence-electron chi connectivity index (χ3n) is 5.33. The predicted octanol–water partition coefficient (Wildman–Crippen LogP) is 5.46. The molecule has 1 N–H and O–H groups in total. The Hall–Kier alpha value is -0.403. The van der Waals surface area contributed by atoms with E-state index in [-0.39, 0.29) is 5.04 Å². The lowest BCUT2D eigenvalue weighted by Gasteiger charge is -2.42. The molecule has 0 aliphatic rings. The van der Waals surface area contributed by atoms with E-state index in [9.17, 15) is 5.11 Å². The highest BCUT2D eigenvalue weighted by Gasteiger charge is 2.43. The highest BCUT2D eigenvalue weighted by molar-refractivity contribution is 7.98. The van der Waals surface area contributed by atoms with E-state index in [1.807, 2.05) is 20.1 Å². The molecule has 4 nitrogen and oxygen atoms in total. The van der Waals surface area contributed by atoms with Crippen LogP contribution < -0.4 is 0 Å². The molecule has 26 heavy (non-hydrogen) atoms. The third-order valence-corrected chi connectivity index (χ3v) is 10.7. The molecule has 0 aliphatic heterocycles. The van der Waals surface area contributed by atoms with Gasteiger partial charge in [-0.15, -0.1) is 6.58 Å². The van der Waals surface area contributed by atoms with Gasteiger partial charge in [0.05, 0.1) is 6.10 Å². The van der Waals surface area contributed by atoms with Crippen LogP contribution in [-0.4, -0.2) is 42.4 Å². The molecule has 0 spiro atoms. The Balaban J connectivity index is 3.29. The van der Waals surface area contributed by atoms with Crippen LogP contribution in [-0.2, 0) is 9.84 Å². The zero-order chi connectivity index (χ0) is 20.3. The van der Waals surface area contributed by atoms with Crippen molar-refractivity contribution < 1.29 is 9.53 Å². The molecule has 1 aromatic rings. The molecule has 148 valence electrons. The molecular formula is C19H33ClN2O2SSi. The summed E-state index contributed by atoms with van der Waals surface area (Å²) in [5.41, 5.74) is 0.904. The first-order valence-corrected chi connectivity index (χ1v) is 13.3. The molecular weight excluding hydrogens is 384 g/mol. The van der Waals surface area contributed by atoms with E-state index in [2.05, 4.69) is 50.4 Å². The van der Waals surface area contributed by atoms with Crippen LogP contribution >= 0.6 is 23.4 Å². The lowest BCUT2D eigenvalue weighted by molar-refractivity contribution is 0.0516. The molecule has 0 saturated heterocycles. The van der Waals surface area contributed by atoms with Gasteiger partial charge in [0.15, 0.2) is 13.5 Å². The lowest BCUT2D eigenvalue weighted by Crippen LogP contribution is -2.48. The third kappa shape index (κ3) is 5.55. The number of aromatic nitrogens is 2. The number of aliphatic hydroxyl groups excluding tert-OH is 1. The van der Waals surface area contributed by atoms with E-state index in [0.29, 0.717) is 28.9 Å². The maximum absolute atomic E-state index is 11.0. The van der Waals surface area contributed by atoms with Crippen LogP contribution in [0.3, 0.4) is 0 Å². The predicted molar refractivity (Wildman–Crippen MR) is 115 cm³/mol. The molecule has 0 unspecified atom stereocenters. The number of hydrogen-bond donors (Lipinski definition) is 1. The van der Waals surface area contributed by atoms with Crippen molar-refractivity contribution >= 4 is 31.7 Å². The minimum Gasteiger partial charge on any atom is -0.416 e. The maximum atomic E-state index is 11.0. The SMILES string of the molecule is C=C(C)C[C@H](O)[C@](C)(CO[Si](C)(C)C(C)(C)C)c1cnc(SC)nc1Cl. The molecule has 0 radical (unpaired) electrons. The molecule has 1 rings (SSSR count). The Morgan fingerprint density at radius 2 is 1.96 bits per heavy atom. The zero-order valence-corrected chi connectivity index (χ0v) is 19.9. The molecule has 1 heterocycles. The van der Waals surface area contributed by atoms with Gasteiger partial charge in [-0.1, -0.05) is 56.6 Å². The van der Waals surface area contributed by atoms with Gasteiger partial charge in [0, 0.05) is 23.8 Å². The van der Waals surface area contributed by atoms with Crippen molar-refractivity contribution in [2.45, 2.75) is 75.8 Å². The van der Waals surface area contributed by atoms with Gasteiger partial charge in [0.1, 0.15) is 5.15 Å². The topological polar surface area (TPSA) is 55.2 Å². The highest BCUT2D eigenvalue weighted by Crippen LogP contribution is 2.40. The average Bonchev–Trinajstić information content (AvgIpc) is 2.50. The molecule has 0 bridgehead atoms. The van der Waals surface area contributed by atoms with Crippen molar-refractivity contribution in [3.05, 3.63) is 29.1 Å². The maximum Gasteiger partial charge on any atom is 0.192 e. The molecule has 2 atom stereocenters. The molecule has 0 aromatic carbocycles. The normalized spacial score (nSPS) is 16.2. The van der Waals surface area contributed by atoms with Gasteiger partial charge in [-0.25, -0.2) is 9.97 Å². The van der Waals surface area contributed by atoms with Gasteiger partial charge in [0.25, 0.3) is 0 Å². The number of rotatable bonds is 8. The van der Waals surface area contributed by atoms with Gasteiger partial charge in [-0.3, -0.25) is 0 Å². The summed E-state index contributed by atoms with van der Waals surface area (Å²) in [4.78, 5) is 8.72. The van der Waals surface area contributed by atoms with Crippen molar-refractivity contribution in [2.24, 2.45) is 0 Å². The van der Waals surface area contributed by atoms with Gasteiger partial charge >= 0.3 is 0 Å². The Morgan fingerprint density at radius 1 is 1.38 bits per heavy atom. The van der Waals surface area contributed by atoms with Crippen LogP contribution in [0.25, 0.3) is 0 Å². The second kappa shape index (κ2) is 8.74. The summed E-state index contributed by atoms with van der Waals surface area (Å²) in [6.07, 6.45) is 3.41. The van der Waals surface area contributed by atoms with E-state index in [1.54, 1.807) is 6.20 Å². The average molecular weight is 417 g/mol. The molecule has 0 fully saturated rings. The second-order valence-electron chi connectivity index (χ2n) is 8.70. The monoisotopic (exact) mass is 416 g/mol. The van der Waals surface area contributed by atoms with Crippen molar-refractivity contribution in [1.82, 2.24) is 9.97 Å². The minimum atomic E-state index is -1.99. The smallest absolute Gasteiger partial charge is 0.192 e. The summed E-state index contributed by atoms with van der Waals surface area (Å²) in [5.74, 6) is 0.